The Labute approximate surface area is 167 Å². The Balaban J connectivity index is 1.65. The lowest BCUT2D eigenvalue weighted by atomic mass is 10.1. The van der Waals surface area contributed by atoms with Gasteiger partial charge in [0.05, 0.1) is 17.6 Å². The van der Waals surface area contributed by atoms with Crippen LogP contribution >= 0.6 is 15.9 Å². The number of nitrogens with zero attached hydrogens (tertiary/aromatic N) is 2. The van der Waals surface area contributed by atoms with Gasteiger partial charge < -0.3 is 9.30 Å². The molecule has 0 N–H and O–H groups in total. The van der Waals surface area contributed by atoms with Gasteiger partial charge in [0.15, 0.2) is 0 Å². The molecule has 0 spiro atoms. The highest BCUT2D eigenvalue weighted by Crippen LogP contribution is 2.27. The van der Waals surface area contributed by atoms with E-state index in [-0.39, 0.29) is 0 Å². The molecule has 4 heteroatoms. The lowest BCUT2D eigenvalue weighted by molar-refractivity contribution is 0.299. The quantitative estimate of drug-likeness (QED) is 0.386. The van der Waals surface area contributed by atoms with E-state index in [1.807, 2.05) is 24.3 Å². The first kappa shape index (κ1) is 17.8. The maximum absolute atomic E-state index is 6.07. The molecule has 1 aromatic heterocycles. The predicted molar refractivity (Wildman–Crippen MR) is 114 cm³/mol. The van der Waals surface area contributed by atoms with Crippen molar-refractivity contribution < 1.29 is 4.74 Å². The number of aryl methyl sites for hydroxylation is 2. The second-order valence-corrected chi connectivity index (χ2v) is 7.62. The van der Waals surface area contributed by atoms with Crippen molar-refractivity contribution in [2.45, 2.75) is 20.4 Å². The number of rotatable bonds is 5. The summed E-state index contributed by atoms with van der Waals surface area (Å²) in [6, 6.07) is 22.8. The molecule has 27 heavy (non-hydrogen) atoms. The van der Waals surface area contributed by atoms with Gasteiger partial charge in [-0.2, -0.15) is 0 Å². The Kier molecular flexibility index (Phi) is 4.99. The number of hydrogen-bond acceptors (Lipinski definition) is 2. The summed E-state index contributed by atoms with van der Waals surface area (Å²) in [4.78, 5) is 4.87. The Morgan fingerprint density at radius 3 is 2.63 bits per heavy atom. The average Bonchev–Trinajstić information content (AvgIpc) is 3.02. The third-order valence-corrected chi connectivity index (χ3v) is 5.13. The summed E-state index contributed by atoms with van der Waals surface area (Å²) in [6.45, 7) is 5.50. The van der Waals surface area contributed by atoms with Crippen molar-refractivity contribution in [1.82, 2.24) is 9.55 Å². The van der Waals surface area contributed by atoms with Crippen molar-refractivity contribution in [3.63, 3.8) is 0 Å². The molecule has 0 aliphatic carbocycles. The third-order valence-electron chi connectivity index (χ3n) is 4.64. The van der Waals surface area contributed by atoms with Crippen molar-refractivity contribution in [3.05, 3.63) is 82.3 Å². The summed E-state index contributed by atoms with van der Waals surface area (Å²) in [5.74, 6) is 1.90. The number of hydrogen-bond donors (Lipinski definition) is 0. The van der Waals surface area contributed by atoms with Crippen LogP contribution in [0.5, 0.6) is 5.75 Å². The molecule has 0 bridgehead atoms. The molecule has 0 aliphatic rings. The second-order valence-electron chi connectivity index (χ2n) is 6.70. The fourth-order valence-electron chi connectivity index (χ4n) is 3.36. The van der Waals surface area contributed by atoms with Gasteiger partial charge in [0, 0.05) is 10.0 Å². The highest BCUT2D eigenvalue weighted by molar-refractivity contribution is 9.10. The van der Waals surface area contributed by atoms with Gasteiger partial charge in [-0.3, -0.25) is 0 Å². The van der Waals surface area contributed by atoms with E-state index in [1.54, 1.807) is 0 Å². The molecule has 0 aliphatic heterocycles. The Morgan fingerprint density at radius 1 is 0.963 bits per heavy atom. The molecule has 0 amide bonds. The minimum Gasteiger partial charge on any atom is -0.491 e. The van der Waals surface area contributed by atoms with Gasteiger partial charge in [-0.15, -0.1) is 0 Å². The third kappa shape index (κ3) is 3.76. The van der Waals surface area contributed by atoms with Crippen LogP contribution in [-0.4, -0.2) is 16.2 Å². The minimum atomic E-state index is 0.589. The van der Waals surface area contributed by atoms with Crippen molar-refractivity contribution in [2.24, 2.45) is 0 Å². The summed E-state index contributed by atoms with van der Waals surface area (Å²) in [7, 11) is 0. The molecule has 136 valence electrons. The van der Waals surface area contributed by atoms with Crippen LogP contribution in [0.1, 0.15) is 11.1 Å². The molecular weight excluding hydrogens is 400 g/mol. The molecule has 0 radical (unpaired) electrons. The molecule has 0 atom stereocenters. The first-order valence-electron chi connectivity index (χ1n) is 9.03. The van der Waals surface area contributed by atoms with Gasteiger partial charge in [0.25, 0.3) is 0 Å². The number of imidazole rings is 1. The number of halogens is 1. The Bertz CT molecular complexity index is 1100. The lowest BCUT2D eigenvalue weighted by Crippen LogP contribution is -2.10. The smallest absolute Gasteiger partial charge is 0.141 e. The van der Waals surface area contributed by atoms with Gasteiger partial charge in [0.1, 0.15) is 18.2 Å². The zero-order valence-corrected chi connectivity index (χ0v) is 17.0. The number of para-hydroxylation sites is 2. The molecular formula is C23H21BrN2O. The SMILES string of the molecule is Cc1ccc(OCCn2c(-c3cccc(Br)c3)nc3ccccc32)c(C)c1. The lowest BCUT2D eigenvalue weighted by Gasteiger charge is -2.13. The van der Waals surface area contributed by atoms with E-state index >= 15 is 0 Å². The van der Waals surface area contributed by atoms with Crippen LogP contribution in [0.25, 0.3) is 22.4 Å². The summed E-state index contributed by atoms with van der Waals surface area (Å²) in [6.07, 6.45) is 0. The van der Waals surface area contributed by atoms with Crippen molar-refractivity contribution in [1.29, 1.82) is 0 Å². The van der Waals surface area contributed by atoms with Gasteiger partial charge in [-0.25, -0.2) is 4.98 Å². The normalized spacial score (nSPS) is 11.1. The van der Waals surface area contributed by atoms with E-state index in [9.17, 15) is 0 Å². The topological polar surface area (TPSA) is 27.1 Å². The highest BCUT2D eigenvalue weighted by atomic mass is 79.9. The number of fused-ring (bicyclic) bond motifs is 1. The zero-order chi connectivity index (χ0) is 18.8. The zero-order valence-electron chi connectivity index (χ0n) is 15.4. The van der Waals surface area contributed by atoms with Crippen molar-refractivity contribution in [3.8, 4) is 17.1 Å². The van der Waals surface area contributed by atoms with E-state index in [0.29, 0.717) is 6.61 Å². The van der Waals surface area contributed by atoms with Crippen LogP contribution in [0.2, 0.25) is 0 Å². The first-order chi connectivity index (χ1) is 13.1. The van der Waals surface area contributed by atoms with Gasteiger partial charge in [-0.05, 0) is 49.7 Å². The molecule has 0 unspecified atom stereocenters. The van der Waals surface area contributed by atoms with Crippen molar-refractivity contribution in [2.75, 3.05) is 6.61 Å². The fraction of sp³-hybridized carbons (Fsp3) is 0.174. The maximum atomic E-state index is 6.07. The first-order valence-corrected chi connectivity index (χ1v) is 9.82. The number of aromatic nitrogens is 2. The minimum absolute atomic E-state index is 0.589. The largest absolute Gasteiger partial charge is 0.491 e. The van der Waals surface area contributed by atoms with Crippen LogP contribution in [0.3, 0.4) is 0 Å². The van der Waals surface area contributed by atoms with E-state index in [2.05, 4.69) is 76.8 Å². The summed E-state index contributed by atoms with van der Waals surface area (Å²) in [5, 5.41) is 0. The summed E-state index contributed by atoms with van der Waals surface area (Å²) in [5.41, 5.74) is 5.62. The van der Waals surface area contributed by atoms with Crippen LogP contribution in [-0.2, 0) is 6.54 Å². The summed E-state index contributed by atoms with van der Waals surface area (Å²) >= 11 is 3.56. The van der Waals surface area contributed by atoms with Crippen LogP contribution in [0.15, 0.2) is 71.2 Å². The second kappa shape index (κ2) is 7.57. The van der Waals surface area contributed by atoms with Gasteiger partial charge >= 0.3 is 0 Å². The highest BCUT2D eigenvalue weighted by Gasteiger charge is 2.13. The molecule has 3 aromatic carbocycles. The molecule has 0 fully saturated rings. The van der Waals surface area contributed by atoms with Crippen LogP contribution < -0.4 is 4.74 Å². The monoisotopic (exact) mass is 420 g/mol. The van der Waals surface area contributed by atoms with Gasteiger partial charge in [0.2, 0.25) is 0 Å². The number of ether oxygens (including phenoxy) is 1. The van der Waals surface area contributed by atoms with Crippen LogP contribution in [0.4, 0.5) is 0 Å². The maximum Gasteiger partial charge on any atom is 0.141 e. The molecule has 3 nitrogen and oxygen atoms in total. The fourth-order valence-corrected chi connectivity index (χ4v) is 3.76. The molecule has 4 aromatic rings. The molecule has 1 heterocycles. The molecule has 4 rings (SSSR count). The number of benzene rings is 3. The predicted octanol–water partition coefficient (Wildman–Crippen LogP) is 6.16. The Morgan fingerprint density at radius 2 is 1.81 bits per heavy atom. The van der Waals surface area contributed by atoms with E-state index in [1.165, 1.54) is 5.56 Å². The summed E-state index contributed by atoms with van der Waals surface area (Å²) < 4.78 is 9.35. The van der Waals surface area contributed by atoms with E-state index in [0.717, 1.165) is 44.8 Å². The molecule has 0 saturated carbocycles. The van der Waals surface area contributed by atoms with E-state index < -0.39 is 0 Å². The standard InChI is InChI=1S/C23H21BrN2O/c1-16-10-11-22(17(2)14-16)27-13-12-26-21-9-4-3-8-20(21)25-23(26)18-6-5-7-19(24)15-18/h3-11,14-15H,12-13H2,1-2H3. The Hall–Kier alpha value is -2.59. The molecule has 0 saturated heterocycles. The van der Waals surface area contributed by atoms with Crippen LogP contribution in [0, 0.1) is 13.8 Å². The van der Waals surface area contributed by atoms with E-state index in [4.69, 9.17) is 9.72 Å². The van der Waals surface area contributed by atoms with Gasteiger partial charge in [-0.1, -0.05) is 57.9 Å². The average molecular weight is 421 g/mol. The van der Waals surface area contributed by atoms with Crippen molar-refractivity contribution >= 4 is 27.0 Å².